The van der Waals surface area contributed by atoms with E-state index in [0.29, 0.717) is 19.4 Å². The molecule has 1 amide bonds. The summed E-state index contributed by atoms with van der Waals surface area (Å²) in [5, 5.41) is 2.87. The van der Waals surface area contributed by atoms with E-state index in [1.807, 2.05) is 0 Å². The minimum Gasteiger partial charge on any atom is -0.352 e. The maximum atomic E-state index is 11.5. The van der Waals surface area contributed by atoms with Crippen LogP contribution in [0.5, 0.6) is 0 Å². The summed E-state index contributed by atoms with van der Waals surface area (Å²) in [6, 6.07) is 6.49. The van der Waals surface area contributed by atoms with Crippen molar-refractivity contribution >= 4 is 11.7 Å². The van der Waals surface area contributed by atoms with Crippen molar-refractivity contribution in [1.29, 1.82) is 0 Å². The Labute approximate surface area is 114 Å². The van der Waals surface area contributed by atoms with E-state index in [1.54, 1.807) is 0 Å². The molecule has 19 heavy (non-hydrogen) atoms. The fourth-order valence-electron chi connectivity index (χ4n) is 2.48. The molecule has 3 heteroatoms. The summed E-state index contributed by atoms with van der Waals surface area (Å²) in [7, 11) is 0. The molecular weight excluding hydrogens is 238 g/mol. The summed E-state index contributed by atoms with van der Waals surface area (Å²) in [6.45, 7) is 2.07. The first-order valence-corrected chi connectivity index (χ1v) is 7.02. The van der Waals surface area contributed by atoms with Crippen LogP contribution in [0.1, 0.15) is 49.3 Å². The summed E-state index contributed by atoms with van der Waals surface area (Å²) in [4.78, 5) is 22.3. The Morgan fingerprint density at radius 2 is 1.84 bits per heavy atom. The van der Waals surface area contributed by atoms with Gasteiger partial charge in [-0.25, -0.2) is 0 Å². The molecule has 0 saturated carbocycles. The van der Waals surface area contributed by atoms with Crippen LogP contribution in [0, 0.1) is 0 Å². The Hall–Kier alpha value is -1.64. The lowest BCUT2D eigenvalue weighted by Crippen LogP contribution is -2.23. The number of hydrogen-bond donors (Lipinski definition) is 1. The predicted molar refractivity (Wildman–Crippen MR) is 74.8 cm³/mol. The van der Waals surface area contributed by atoms with Gasteiger partial charge in [-0.05, 0) is 49.3 Å². The van der Waals surface area contributed by atoms with Gasteiger partial charge in [-0.2, -0.15) is 0 Å². The Morgan fingerprint density at radius 1 is 1.11 bits per heavy atom. The highest BCUT2D eigenvalue weighted by atomic mass is 16.2. The first-order valence-electron chi connectivity index (χ1n) is 7.02. The fraction of sp³-hybridized carbons (Fsp3) is 0.500. The molecule has 2 rings (SSSR count). The van der Waals surface area contributed by atoms with Crippen LogP contribution in [0.3, 0.4) is 0 Å². The van der Waals surface area contributed by atoms with E-state index in [2.05, 4.69) is 23.5 Å². The van der Waals surface area contributed by atoms with E-state index >= 15 is 0 Å². The number of Topliss-reactive ketones (excluding diaryl/α,β-unsaturated/α-hetero) is 1. The molecule has 1 aliphatic rings. The highest BCUT2D eigenvalue weighted by molar-refractivity contribution is 5.83. The van der Waals surface area contributed by atoms with Crippen LogP contribution in [0.15, 0.2) is 18.2 Å². The summed E-state index contributed by atoms with van der Waals surface area (Å²) in [5.41, 5.74) is 4.04. The van der Waals surface area contributed by atoms with Gasteiger partial charge in [-0.1, -0.05) is 18.2 Å². The average molecular weight is 259 g/mol. The van der Waals surface area contributed by atoms with Crippen molar-refractivity contribution in [1.82, 2.24) is 5.32 Å². The predicted octanol–water partition coefficient (Wildman–Crippen LogP) is 2.55. The number of benzene rings is 1. The van der Waals surface area contributed by atoms with E-state index in [9.17, 15) is 9.59 Å². The lowest BCUT2D eigenvalue weighted by Gasteiger charge is -2.16. The second-order valence-corrected chi connectivity index (χ2v) is 5.29. The molecule has 1 N–H and O–H groups in total. The minimum atomic E-state index is -0.0482. The third-order valence-corrected chi connectivity index (χ3v) is 3.61. The first kappa shape index (κ1) is 13.8. The quantitative estimate of drug-likeness (QED) is 0.883. The molecule has 1 aliphatic carbocycles. The van der Waals surface area contributed by atoms with Crippen LogP contribution in [0.25, 0.3) is 0 Å². The number of ketones is 1. The molecule has 0 aromatic heterocycles. The van der Waals surface area contributed by atoms with Gasteiger partial charge < -0.3 is 10.1 Å². The number of hydrogen-bond acceptors (Lipinski definition) is 2. The first-order chi connectivity index (χ1) is 9.15. The molecule has 1 aromatic carbocycles. The lowest BCUT2D eigenvalue weighted by molar-refractivity contribution is -0.124. The van der Waals surface area contributed by atoms with Crippen LogP contribution in [0.4, 0.5) is 0 Å². The number of aryl methyl sites for hydroxylation is 2. The number of rotatable bonds is 5. The van der Waals surface area contributed by atoms with Gasteiger partial charge in [-0.3, -0.25) is 4.79 Å². The van der Waals surface area contributed by atoms with Gasteiger partial charge in [0.25, 0.3) is 0 Å². The van der Waals surface area contributed by atoms with Gasteiger partial charge in [0.2, 0.25) is 5.91 Å². The molecule has 0 bridgehead atoms. The normalized spacial score (nSPS) is 13.7. The molecule has 0 heterocycles. The molecule has 0 fully saturated rings. The third kappa shape index (κ3) is 4.19. The zero-order valence-electron chi connectivity index (χ0n) is 11.5. The second kappa shape index (κ2) is 6.50. The van der Waals surface area contributed by atoms with Crippen LogP contribution >= 0.6 is 0 Å². The molecule has 0 atom stereocenters. The summed E-state index contributed by atoms with van der Waals surface area (Å²) < 4.78 is 0. The van der Waals surface area contributed by atoms with Crippen molar-refractivity contribution < 1.29 is 9.59 Å². The Kier molecular flexibility index (Phi) is 4.72. The maximum absolute atomic E-state index is 11.5. The summed E-state index contributed by atoms with van der Waals surface area (Å²) in [5.74, 6) is 0.0110. The summed E-state index contributed by atoms with van der Waals surface area (Å²) in [6.07, 6.45) is 5.51. The smallest absolute Gasteiger partial charge is 0.220 e. The Morgan fingerprint density at radius 3 is 2.58 bits per heavy atom. The second-order valence-electron chi connectivity index (χ2n) is 5.29. The third-order valence-electron chi connectivity index (χ3n) is 3.61. The van der Waals surface area contributed by atoms with E-state index in [4.69, 9.17) is 0 Å². The van der Waals surface area contributed by atoms with Crippen molar-refractivity contribution in [2.45, 2.75) is 52.0 Å². The number of carbonyl (C=O) groups is 2. The number of fused-ring (bicyclic) bond motifs is 1. The monoisotopic (exact) mass is 259 g/mol. The number of carbonyl (C=O) groups excluding carboxylic acids is 2. The summed E-state index contributed by atoms with van der Waals surface area (Å²) >= 11 is 0. The van der Waals surface area contributed by atoms with E-state index in [-0.39, 0.29) is 11.7 Å². The molecule has 0 spiro atoms. The topological polar surface area (TPSA) is 46.2 Å². The highest BCUT2D eigenvalue weighted by Crippen LogP contribution is 2.22. The van der Waals surface area contributed by atoms with Gasteiger partial charge in [-0.15, -0.1) is 0 Å². The average Bonchev–Trinajstić information content (AvgIpc) is 2.42. The SMILES string of the molecule is CC(=O)CCC(=O)NCc1ccc2c(c1)CCCC2. The van der Waals surface area contributed by atoms with Crippen molar-refractivity contribution in [3.05, 3.63) is 34.9 Å². The molecule has 1 aromatic rings. The van der Waals surface area contributed by atoms with Crippen molar-refractivity contribution in [2.75, 3.05) is 0 Å². The maximum Gasteiger partial charge on any atom is 0.220 e. The molecule has 3 nitrogen and oxygen atoms in total. The Balaban J connectivity index is 1.86. The van der Waals surface area contributed by atoms with Crippen molar-refractivity contribution in [3.63, 3.8) is 0 Å². The molecular formula is C16H21NO2. The van der Waals surface area contributed by atoms with Crippen molar-refractivity contribution in [2.24, 2.45) is 0 Å². The van der Waals surface area contributed by atoms with Crippen LogP contribution in [-0.4, -0.2) is 11.7 Å². The molecule has 102 valence electrons. The zero-order chi connectivity index (χ0) is 13.7. The van der Waals surface area contributed by atoms with Crippen molar-refractivity contribution in [3.8, 4) is 0 Å². The van der Waals surface area contributed by atoms with Crippen LogP contribution < -0.4 is 5.32 Å². The fourth-order valence-corrected chi connectivity index (χ4v) is 2.48. The standard InChI is InChI=1S/C16H21NO2/c1-12(18)6-9-16(19)17-11-13-7-8-14-4-2-3-5-15(14)10-13/h7-8,10H,2-6,9,11H2,1H3,(H,17,19). The van der Waals surface area contributed by atoms with Gasteiger partial charge >= 0.3 is 0 Å². The van der Waals surface area contributed by atoms with E-state index in [1.165, 1.54) is 37.3 Å². The van der Waals surface area contributed by atoms with Crippen LogP contribution in [0.2, 0.25) is 0 Å². The number of nitrogens with one attached hydrogen (secondary N) is 1. The lowest BCUT2D eigenvalue weighted by atomic mass is 9.90. The van der Waals surface area contributed by atoms with Gasteiger partial charge in [0.05, 0.1) is 0 Å². The van der Waals surface area contributed by atoms with Gasteiger partial charge in [0.15, 0.2) is 0 Å². The molecule has 0 radical (unpaired) electrons. The van der Waals surface area contributed by atoms with E-state index < -0.39 is 0 Å². The van der Waals surface area contributed by atoms with Gasteiger partial charge in [0, 0.05) is 19.4 Å². The Bertz CT molecular complexity index is 480. The molecule has 0 saturated heterocycles. The minimum absolute atomic E-state index is 0.0482. The highest BCUT2D eigenvalue weighted by Gasteiger charge is 2.10. The molecule has 0 unspecified atom stereocenters. The zero-order valence-corrected chi connectivity index (χ0v) is 11.5. The largest absolute Gasteiger partial charge is 0.352 e. The number of amides is 1. The van der Waals surface area contributed by atoms with Gasteiger partial charge in [0.1, 0.15) is 5.78 Å². The molecule has 0 aliphatic heterocycles. The van der Waals surface area contributed by atoms with Crippen LogP contribution in [-0.2, 0) is 29.0 Å². The van der Waals surface area contributed by atoms with E-state index in [0.717, 1.165) is 12.0 Å².